The SMILES string of the molecule is COc1ccc(CN2CCC(NC(=O)N(C)C(C)c3cccs3)CC2)cc1F. The maximum absolute atomic E-state index is 13.9. The summed E-state index contributed by atoms with van der Waals surface area (Å²) in [7, 11) is 3.31. The van der Waals surface area contributed by atoms with Gasteiger partial charge in [0.15, 0.2) is 11.6 Å². The summed E-state index contributed by atoms with van der Waals surface area (Å²) in [6, 6.07) is 9.37. The van der Waals surface area contributed by atoms with Gasteiger partial charge >= 0.3 is 6.03 Å². The highest BCUT2D eigenvalue weighted by atomic mass is 32.1. The second kappa shape index (κ2) is 9.39. The number of piperidine rings is 1. The predicted molar refractivity (Wildman–Crippen MR) is 110 cm³/mol. The van der Waals surface area contributed by atoms with E-state index in [1.165, 1.54) is 18.1 Å². The monoisotopic (exact) mass is 405 g/mol. The Bertz CT molecular complexity index is 776. The zero-order valence-electron chi connectivity index (χ0n) is 16.7. The molecule has 0 bridgehead atoms. The van der Waals surface area contributed by atoms with Crippen molar-refractivity contribution in [1.29, 1.82) is 0 Å². The molecule has 3 rings (SSSR count). The number of thiophene rings is 1. The van der Waals surface area contributed by atoms with Crippen molar-refractivity contribution in [1.82, 2.24) is 15.1 Å². The van der Waals surface area contributed by atoms with Gasteiger partial charge in [-0.3, -0.25) is 4.90 Å². The minimum atomic E-state index is -0.329. The number of hydrogen-bond acceptors (Lipinski definition) is 4. The number of methoxy groups -OCH3 is 1. The van der Waals surface area contributed by atoms with E-state index in [0.717, 1.165) is 31.5 Å². The number of nitrogens with zero attached hydrogens (tertiary/aromatic N) is 2. The van der Waals surface area contributed by atoms with E-state index in [9.17, 15) is 9.18 Å². The van der Waals surface area contributed by atoms with Gasteiger partial charge in [-0.25, -0.2) is 9.18 Å². The van der Waals surface area contributed by atoms with Crippen LogP contribution in [0.1, 0.15) is 36.2 Å². The zero-order chi connectivity index (χ0) is 20.1. The fourth-order valence-corrected chi connectivity index (χ4v) is 4.30. The number of rotatable bonds is 6. The summed E-state index contributed by atoms with van der Waals surface area (Å²) in [6.07, 6.45) is 1.79. The molecule has 2 aromatic rings. The van der Waals surface area contributed by atoms with Gasteiger partial charge in [0.2, 0.25) is 0 Å². The maximum atomic E-state index is 13.9. The molecule has 1 unspecified atom stereocenters. The van der Waals surface area contributed by atoms with Crippen molar-refractivity contribution in [3.63, 3.8) is 0 Å². The number of benzene rings is 1. The molecule has 0 saturated carbocycles. The van der Waals surface area contributed by atoms with E-state index in [-0.39, 0.29) is 29.7 Å². The lowest BCUT2D eigenvalue weighted by Gasteiger charge is -2.34. The van der Waals surface area contributed by atoms with E-state index < -0.39 is 0 Å². The Kier molecular flexibility index (Phi) is 6.91. The van der Waals surface area contributed by atoms with Crippen LogP contribution in [0.25, 0.3) is 0 Å². The van der Waals surface area contributed by atoms with Gasteiger partial charge in [0.25, 0.3) is 0 Å². The average Bonchev–Trinajstić information content (AvgIpc) is 3.23. The molecule has 1 aromatic heterocycles. The standard InChI is InChI=1S/C21H28FN3O2S/c1-15(20-5-4-12-28-20)24(2)21(26)23-17-8-10-25(11-9-17)14-16-6-7-19(27-3)18(22)13-16/h4-7,12-13,15,17H,8-11,14H2,1-3H3,(H,23,26). The summed E-state index contributed by atoms with van der Waals surface area (Å²) in [4.78, 5) is 17.8. The molecule has 1 fully saturated rings. The summed E-state index contributed by atoms with van der Waals surface area (Å²) >= 11 is 1.66. The minimum Gasteiger partial charge on any atom is -0.494 e. The van der Waals surface area contributed by atoms with E-state index in [1.807, 2.05) is 31.5 Å². The Morgan fingerprint density at radius 3 is 2.75 bits per heavy atom. The van der Waals surface area contributed by atoms with Crippen molar-refractivity contribution in [2.75, 3.05) is 27.2 Å². The second-order valence-corrected chi connectivity index (χ2v) is 8.25. The Morgan fingerprint density at radius 1 is 1.39 bits per heavy atom. The highest BCUT2D eigenvalue weighted by Crippen LogP contribution is 2.24. The van der Waals surface area contributed by atoms with E-state index in [2.05, 4.69) is 16.3 Å². The Morgan fingerprint density at radius 2 is 2.14 bits per heavy atom. The van der Waals surface area contributed by atoms with Crippen LogP contribution in [0.5, 0.6) is 5.75 Å². The fourth-order valence-electron chi connectivity index (χ4n) is 3.47. The molecule has 1 N–H and O–H groups in total. The molecule has 1 saturated heterocycles. The lowest BCUT2D eigenvalue weighted by Crippen LogP contribution is -2.48. The molecule has 1 atom stereocenters. The van der Waals surface area contributed by atoms with Crippen molar-refractivity contribution < 1.29 is 13.9 Å². The van der Waals surface area contributed by atoms with Crippen molar-refractivity contribution in [3.8, 4) is 5.75 Å². The van der Waals surface area contributed by atoms with Gasteiger partial charge in [-0.15, -0.1) is 11.3 Å². The molecule has 152 valence electrons. The molecule has 0 radical (unpaired) electrons. The van der Waals surface area contributed by atoms with Crippen molar-refractivity contribution in [2.24, 2.45) is 0 Å². The van der Waals surface area contributed by atoms with Gasteiger partial charge in [0.05, 0.1) is 13.2 Å². The summed E-state index contributed by atoms with van der Waals surface area (Å²) < 4.78 is 18.8. The third-order valence-electron chi connectivity index (χ3n) is 5.39. The lowest BCUT2D eigenvalue weighted by atomic mass is 10.0. The van der Waals surface area contributed by atoms with Crippen LogP contribution in [0.4, 0.5) is 9.18 Å². The van der Waals surface area contributed by atoms with Gasteiger partial charge in [-0.1, -0.05) is 12.1 Å². The van der Waals surface area contributed by atoms with Crippen molar-refractivity contribution in [2.45, 2.75) is 38.4 Å². The van der Waals surface area contributed by atoms with Crippen LogP contribution in [-0.4, -0.2) is 49.1 Å². The highest BCUT2D eigenvalue weighted by Gasteiger charge is 2.24. The molecule has 1 aliphatic heterocycles. The number of likely N-dealkylation sites (tertiary alicyclic amines) is 1. The molecule has 1 aromatic carbocycles. The average molecular weight is 406 g/mol. The van der Waals surface area contributed by atoms with E-state index >= 15 is 0 Å². The molecular formula is C21H28FN3O2S. The lowest BCUT2D eigenvalue weighted by molar-refractivity contribution is 0.167. The summed E-state index contributed by atoms with van der Waals surface area (Å²) in [6.45, 7) is 4.50. The van der Waals surface area contributed by atoms with Crippen LogP contribution in [-0.2, 0) is 6.54 Å². The first kappa shape index (κ1) is 20.6. The number of carbonyl (C=O) groups excluding carboxylic acids is 1. The van der Waals surface area contributed by atoms with Crippen molar-refractivity contribution >= 4 is 17.4 Å². The Balaban J connectivity index is 1.46. The maximum Gasteiger partial charge on any atom is 0.317 e. The molecule has 2 amide bonds. The molecule has 28 heavy (non-hydrogen) atoms. The van der Waals surface area contributed by atoms with Gasteiger partial charge in [-0.05, 0) is 48.9 Å². The first-order valence-corrected chi connectivity index (χ1v) is 10.5. The van der Waals surface area contributed by atoms with Crippen LogP contribution in [0.15, 0.2) is 35.7 Å². The predicted octanol–water partition coefficient (Wildman–Crippen LogP) is 4.26. The van der Waals surface area contributed by atoms with Crippen LogP contribution >= 0.6 is 11.3 Å². The molecule has 5 nitrogen and oxygen atoms in total. The quantitative estimate of drug-likeness (QED) is 0.781. The molecule has 1 aliphatic rings. The van der Waals surface area contributed by atoms with Gasteiger partial charge in [0, 0.05) is 37.6 Å². The first-order chi connectivity index (χ1) is 13.5. The molecule has 7 heteroatoms. The molecule has 0 spiro atoms. The molecule has 0 aliphatic carbocycles. The van der Waals surface area contributed by atoms with E-state index in [1.54, 1.807) is 22.3 Å². The molecule has 2 heterocycles. The third kappa shape index (κ3) is 5.02. The highest BCUT2D eigenvalue weighted by molar-refractivity contribution is 7.10. The number of ether oxygens (including phenoxy) is 1. The molecular weight excluding hydrogens is 377 g/mol. The first-order valence-electron chi connectivity index (χ1n) is 9.59. The van der Waals surface area contributed by atoms with Gasteiger partial charge < -0.3 is 15.0 Å². The van der Waals surface area contributed by atoms with E-state index in [0.29, 0.717) is 6.54 Å². The van der Waals surface area contributed by atoms with Crippen LogP contribution in [0, 0.1) is 5.82 Å². The Labute approximate surface area is 170 Å². The topological polar surface area (TPSA) is 44.8 Å². The number of amides is 2. The van der Waals surface area contributed by atoms with Crippen molar-refractivity contribution in [3.05, 3.63) is 52.0 Å². The van der Waals surface area contributed by atoms with Gasteiger partial charge in [-0.2, -0.15) is 0 Å². The third-order valence-corrected chi connectivity index (χ3v) is 6.44. The van der Waals surface area contributed by atoms with Crippen LogP contribution in [0.2, 0.25) is 0 Å². The van der Waals surface area contributed by atoms with Crippen LogP contribution < -0.4 is 10.1 Å². The largest absolute Gasteiger partial charge is 0.494 e. The number of halogens is 1. The van der Waals surface area contributed by atoms with E-state index in [4.69, 9.17) is 4.74 Å². The number of urea groups is 1. The normalized spacial score (nSPS) is 16.6. The summed E-state index contributed by atoms with van der Waals surface area (Å²) in [5.41, 5.74) is 0.935. The number of nitrogens with one attached hydrogen (secondary N) is 1. The smallest absolute Gasteiger partial charge is 0.317 e. The second-order valence-electron chi connectivity index (χ2n) is 7.27. The minimum absolute atomic E-state index is 0.0309. The Hall–Kier alpha value is -2.12. The van der Waals surface area contributed by atoms with Crippen LogP contribution in [0.3, 0.4) is 0 Å². The zero-order valence-corrected chi connectivity index (χ0v) is 17.5. The summed E-state index contributed by atoms with van der Waals surface area (Å²) in [5.74, 6) is -0.0592. The number of hydrogen-bond donors (Lipinski definition) is 1. The fraction of sp³-hybridized carbons (Fsp3) is 0.476. The van der Waals surface area contributed by atoms with Gasteiger partial charge in [0.1, 0.15) is 0 Å². The number of carbonyl (C=O) groups is 1. The summed E-state index contributed by atoms with van der Waals surface area (Å²) in [5, 5.41) is 5.19.